The zero-order valence-electron chi connectivity index (χ0n) is 6.73. The number of aromatic hydroxyl groups is 1. The van der Waals surface area contributed by atoms with Crippen LogP contribution in [0.4, 0.5) is 5.69 Å². The van der Waals surface area contributed by atoms with Crippen LogP contribution in [-0.2, 0) is 0 Å². The molecule has 0 spiro atoms. The molecule has 0 unspecified atom stereocenters. The lowest BCUT2D eigenvalue weighted by atomic mass is 10.1. The van der Waals surface area contributed by atoms with Gasteiger partial charge in [-0.2, -0.15) is 0 Å². The Morgan fingerprint density at radius 2 is 2.15 bits per heavy atom. The van der Waals surface area contributed by atoms with E-state index >= 15 is 0 Å². The lowest BCUT2D eigenvalue weighted by molar-refractivity contribution is 0.475. The molecular formula is C10H6N2O. The van der Waals surface area contributed by atoms with E-state index in [4.69, 9.17) is 0 Å². The minimum absolute atomic E-state index is 0.267. The second-order valence-electron chi connectivity index (χ2n) is 3.00. The van der Waals surface area contributed by atoms with Gasteiger partial charge in [0.25, 0.3) is 0 Å². The van der Waals surface area contributed by atoms with Gasteiger partial charge in [-0.3, -0.25) is 0 Å². The standard InChI is InChI=1S/C10H6N2O/c13-6-1-2-9-8(5-6)7-3-4-11-10(7)12-9/h1-5,13H. The predicted octanol–water partition coefficient (Wildman–Crippen LogP) is 1.90. The molecule has 0 aromatic heterocycles. The summed E-state index contributed by atoms with van der Waals surface area (Å²) in [6.07, 6.45) is 3.63. The molecule has 0 fully saturated rings. The summed E-state index contributed by atoms with van der Waals surface area (Å²) in [5, 5.41) is 9.30. The van der Waals surface area contributed by atoms with Crippen LogP contribution in [0.2, 0.25) is 0 Å². The van der Waals surface area contributed by atoms with Crippen LogP contribution in [0.15, 0.2) is 34.3 Å². The first-order valence-electron chi connectivity index (χ1n) is 4.01. The van der Waals surface area contributed by atoms with Crippen LogP contribution in [0, 0.1) is 0 Å². The third-order valence-corrected chi connectivity index (χ3v) is 2.18. The van der Waals surface area contributed by atoms with Crippen LogP contribution in [0.25, 0.3) is 5.57 Å². The monoisotopic (exact) mass is 170 g/mol. The van der Waals surface area contributed by atoms with Gasteiger partial charge >= 0.3 is 0 Å². The molecule has 2 heterocycles. The fourth-order valence-electron chi connectivity index (χ4n) is 1.58. The first kappa shape index (κ1) is 6.60. The predicted molar refractivity (Wildman–Crippen MR) is 51.7 cm³/mol. The topological polar surface area (TPSA) is 45.0 Å². The van der Waals surface area contributed by atoms with Gasteiger partial charge in [0.15, 0.2) is 5.84 Å². The van der Waals surface area contributed by atoms with E-state index in [1.54, 1.807) is 24.4 Å². The normalized spacial score (nSPS) is 16.6. The summed E-state index contributed by atoms with van der Waals surface area (Å²) in [6.45, 7) is 0. The number of nitrogens with zero attached hydrogens (tertiary/aromatic N) is 2. The van der Waals surface area contributed by atoms with E-state index in [0.717, 1.165) is 22.7 Å². The van der Waals surface area contributed by atoms with Gasteiger partial charge in [-0.15, -0.1) is 0 Å². The molecule has 62 valence electrons. The number of allylic oxidation sites excluding steroid dienone is 1. The van der Waals surface area contributed by atoms with Crippen LogP contribution in [-0.4, -0.2) is 17.2 Å². The summed E-state index contributed by atoms with van der Waals surface area (Å²) in [6, 6.07) is 5.15. The van der Waals surface area contributed by atoms with Gasteiger partial charge in [0, 0.05) is 17.4 Å². The van der Waals surface area contributed by atoms with Crippen molar-refractivity contribution in [2.75, 3.05) is 0 Å². The molecule has 0 radical (unpaired) electrons. The molecule has 1 aromatic rings. The Labute approximate surface area is 74.8 Å². The highest BCUT2D eigenvalue weighted by atomic mass is 16.3. The van der Waals surface area contributed by atoms with Crippen molar-refractivity contribution in [3.05, 3.63) is 29.8 Å². The highest BCUT2D eigenvalue weighted by Gasteiger charge is 2.22. The number of phenolic OH excluding ortho intramolecular Hbond substituents is 1. The van der Waals surface area contributed by atoms with Crippen LogP contribution >= 0.6 is 0 Å². The van der Waals surface area contributed by atoms with Crippen LogP contribution in [0.5, 0.6) is 5.75 Å². The molecule has 3 rings (SSSR count). The molecule has 2 aliphatic rings. The Morgan fingerprint density at radius 3 is 3.08 bits per heavy atom. The van der Waals surface area contributed by atoms with Gasteiger partial charge < -0.3 is 5.11 Å². The zero-order chi connectivity index (χ0) is 8.84. The molecule has 1 N–H and O–H groups in total. The molecule has 0 saturated heterocycles. The number of phenols is 1. The number of aliphatic imine (C=N–C) groups is 2. The Kier molecular flexibility index (Phi) is 1.05. The van der Waals surface area contributed by atoms with Gasteiger partial charge in [-0.25, -0.2) is 9.98 Å². The van der Waals surface area contributed by atoms with E-state index in [-0.39, 0.29) is 5.75 Å². The molecule has 2 aliphatic heterocycles. The second-order valence-corrected chi connectivity index (χ2v) is 3.00. The van der Waals surface area contributed by atoms with E-state index in [9.17, 15) is 5.11 Å². The van der Waals surface area contributed by atoms with Gasteiger partial charge in [0.05, 0.1) is 5.69 Å². The summed E-state index contributed by atoms with van der Waals surface area (Å²) in [4.78, 5) is 8.39. The minimum atomic E-state index is 0.267. The Hall–Kier alpha value is -1.90. The van der Waals surface area contributed by atoms with E-state index in [2.05, 4.69) is 9.98 Å². The average Bonchev–Trinajstić information content (AvgIpc) is 2.64. The third kappa shape index (κ3) is 0.783. The van der Waals surface area contributed by atoms with Crippen molar-refractivity contribution in [3.63, 3.8) is 0 Å². The molecule has 0 bridgehead atoms. The van der Waals surface area contributed by atoms with Gasteiger partial charge in [0.2, 0.25) is 0 Å². The molecule has 0 saturated carbocycles. The fraction of sp³-hybridized carbons (Fsp3) is 0. The van der Waals surface area contributed by atoms with Crippen molar-refractivity contribution in [1.29, 1.82) is 0 Å². The average molecular weight is 170 g/mol. The first-order valence-corrected chi connectivity index (χ1v) is 4.01. The van der Waals surface area contributed by atoms with Crippen molar-refractivity contribution in [2.45, 2.75) is 0 Å². The lowest BCUT2D eigenvalue weighted by Crippen LogP contribution is -1.85. The zero-order valence-corrected chi connectivity index (χ0v) is 6.73. The van der Waals surface area contributed by atoms with E-state index in [1.165, 1.54) is 0 Å². The smallest absolute Gasteiger partial charge is 0.160 e. The lowest BCUT2D eigenvalue weighted by Gasteiger charge is -1.97. The summed E-state index contributed by atoms with van der Waals surface area (Å²) in [7, 11) is 0. The highest BCUT2D eigenvalue weighted by Crippen LogP contribution is 2.38. The third-order valence-electron chi connectivity index (χ3n) is 2.18. The first-order chi connectivity index (χ1) is 6.34. The molecule has 1 aromatic carbocycles. The van der Waals surface area contributed by atoms with E-state index < -0.39 is 0 Å². The largest absolute Gasteiger partial charge is 0.508 e. The van der Waals surface area contributed by atoms with Crippen LogP contribution in [0.3, 0.4) is 0 Å². The Morgan fingerprint density at radius 1 is 1.23 bits per heavy atom. The fourth-order valence-corrected chi connectivity index (χ4v) is 1.58. The van der Waals surface area contributed by atoms with Gasteiger partial charge in [-0.05, 0) is 24.3 Å². The summed E-state index contributed by atoms with van der Waals surface area (Å²) in [5.74, 6) is 1.02. The summed E-state index contributed by atoms with van der Waals surface area (Å²) >= 11 is 0. The van der Waals surface area contributed by atoms with Crippen molar-refractivity contribution in [1.82, 2.24) is 0 Å². The summed E-state index contributed by atoms with van der Waals surface area (Å²) < 4.78 is 0. The molecule has 3 heteroatoms. The number of amidine groups is 1. The SMILES string of the molecule is Oc1ccc2c(c1)C1=CC=NC1=N2. The van der Waals surface area contributed by atoms with Crippen molar-refractivity contribution >= 4 is 23.3 Å². The second kappa shape index (κ2) is 2.07. The Bertz CT molecular complexity index is 484. The number of benzene rings is 1. The molecule has 3 nitrogen and oxygen atoms in total. The molecular weight excluding hydrogens is 164 g/mol. The van der Waals surface area contributed by atoms with Crippen LogP contribution in [0.1, 0.15) is 5.56 Å². The molecule has 0 atom stereocenters. The number of fused-ring (bicyclic) bond motifs is 3. The van der Waals surface area contributed by atoms with Crippen molar-refractivity contribution in [3.8, 4) is 5.75 Å². The summed E-state index contributed by atoms with van der Waals surface area (Å²) in [5.41, 5.74) is 2.86. The van der Waals surface area contributed by atoms with E-state index in [0.29, 0.717) is 0 Å². The van der Waals surface area contributed by atoms with Crippen LogP contribution < -0.4 is 0 Å². The van der Waals surface area contributed by atoms with E-state index in [1.807, 2.05) is 6.08 Å². The van der Waals surface area contributed by atoms with Crippen molar-refractivity contribution in [2.24, 2.45) is 9.98 Å². The van der Waals surface area contributed by atoms with Gasteiger partial charge in [-0.1, -0.05) is 0 Å². The Balaban J connectivity index is 2.29. The van der Waals surface area contributed by atoms with Crippen molar-refractivity contribution < 1.29 is 5.11 Å². The quantitative estimate of drug-likeness (QED) is 0.635. The number of rotatable bonds is 0. The molecule has 13 heavy (non-hydrogen) atoms. The molecule has 0 amide bonds. The maximum absolute atomic E-state index is 9.30. The number of hydrogen-bond donors (Lipinski definition) is 1. The molecule has 0 aliphatic carbocycles. The van der Waals surface area contributed by atoms with Gasteiger partial charge in [0.1, 0.15) is 5.75 Å². The highest BCUT2D eigenvalue weighted by molar-refractivity contribution is 6.35. The number of hydrogen-bond acceptors (Lipinski definition) is 3. The minimum Gasteiger partial charge on any atom is -0.508 e. The maximum atomic E-state index is 9.30. The maximum Gasteiger partial charge on any atom is 0.160 e.